The standard InChI is InChI=1S/C21H17N3O2S2/c25-20-11-10-19(22-24(20)16-6-2-1-3-7-16)21(26)23(14-17-8-4-12-27-17)15-18-9-5-13-28-18/h1-13H,14-15H2. The van der Waals surface area contributed by atoms with E-state index in [1.807, 2.05) is 53.2 Å². The van der Waals surface area contributed by atoms with Gasteiger partial charge in [0.2, 0.25) is 0 Å². The zero-order chi connectivity index (χ0) is 19.3. The van der Waals surface area contributed by atoms with Crippen LogP contribution < -0.4 is 5.56 Å². The summed E-state index contributed by atoms with van der Waals surface area (Å²) < 4.78 is 1.27. The Morgan fingerprint density at radius 1 is 0.857 bits per heavy atom. The lowest BCUT2D eigenvalue weighted by atomic mass is 10.3. The van der Waals surface area contributed by atoms with Crippen LogP contribution >= 0.6 is 22.7 Å². The summed E-state index contributed by atoms with van der Waals surface area (Å²) in [5, 5.41) is 8.34. The van der Waals surface area contributed by atoms with Gasteiger partial charge in [0, 0.05) is 15.8 Å². The van der Waals surface area contributed by atoms with E-state index in [0.717, 1.165) is 9.75 Å². The molecule has 1 amide bonds. The molecular formula is C21H17N3O2S2. The summed E-state index contributed by atoms with van der Waals surface area (Å²) in [6, 6.07) is 20.0. The van der Waals surface area contributed by atoms with Crippen molar-refractivity contribution in [1.82, 2.24) is 14.7 Å². The molecule has 0 N–H and O–H groups in total. The third-order valence-electron chi connectivity index (χ3n) is 4.16. The summed E-state index contributed by atoms with van der Waals surface area (Å²) in [5.41, 5.74) is 0.604. The van der Waals surface area contributed by atoms with Gasteiger partial charge in [-0.15, -0.1) is 22.7 Å². The number of rotatable bonds is 6. The Morgan fingerprint density at radius 3 is 2.07 bits per heavy atom. The average molecular weight is 408 g/mol. The highest BCUT2D eigenvalue weighted by atomic mass is 32.1. The zero-order valence-electron chi connectivity index (χ0n) is 14.9. The monoisotopic (exact) mass is 407 g/mol. The van der Waals surface area contributed by atoms with Crippen molar-refractivity contribution in [2.24, 2.45) is 0 Å². The highest BCUT2D eigenvalue weighted by Crippen LogP contribution is 2.19. The third-order valence-corrected chi connectivity index (χ3v) is 5.88. The number of amides is 1. The first-order valence-electron chi connectivity index (χ1n) is 8.70. The molecule has 0 unspecified atom stereocenters. The molecule has 28 heavy (non-hydrogen) atoms. The second-order valence-electron chi connectivity index (χ2n) is 6.12. The molecule has 1 aromatic carbocycles. The summed E-state index contributed by atoms with van der Waals surface area (Å²) >= 11 is 3.23. The highest BCUT2D eigenvalue weighted by molar-refractivity contribution is 7.10. The Bertz CT molecular complexity index is 1070. The molecular weight excluding hydrogens is 390 g/mol. The number of thiophene rings is 2. The van der Waals surface area contributed by atoms with E-state index in [-0.39, 0.29) is 17.2 Å². The molecule has 4 rings (SSSR count). The molecule has 3 heterocycles. The van der Waals surface area contributed by atoms with Crippen molar-refractivity contribution in [3.63, 3.8) is 0 Å². The molecule has 0 fully saturated rings. The number of aromatic nitrogens is 2. The van der Waals surface area contributed by atoms with Crippen LogP contribution in [0.3, 0.4) is 0 Å². The molecule has 0 aliphatic heterocycles. The maximum Gasteiger partial charge on any atom is 0.274 e. The molecule has 0 aliphatic carbocycles. The molecule has 5 nitrogen and oxygen atoms in total. The van der Waals surface area contributed by atoms with Crippen LogP contribution in [0.2, 0.25) is 0 Å². The molecule has 0 radical (unpaired) electrons. The molecule has 0 spiro atoms. The van der Waals surface area contributed by atoms with Crippen LogP contribution in [0.15, 0.2) is 82.3 Å². The van der Waals surface area contributed by atoms with Gasteiger partial charge in [0.25, 0.3) is 11.5 Å². The van der Waals surface area contributed by atoms with Gasteiger partial charge in [-0.3, -0.25) is 9.59 Å². The lowest BCUT2D eigenvalue weighted by Crippen LogP contribution is -2.32. The predicted molar refractivity (Wildman–Crippen MR) is 112 cm³/mol. The van der Waals surface area contributed by atoms with Gasteiger partial charge in [-0.1, -0.05) is 30.3 Å². The summed E-state index contributed by atoms with van der Waals surface area (Å²) in [6.45, 7) is 1.00. The van der Waals surface area contributed by atoms with Crippen molar-refractivity contribution in [3.8, 4) is 5.69 Å². The summed E-state index contributed by atoms with van der Waals surface area (Å²) in [5.74, 6) is -0.202. The molecule has 140 valence electrons. The first-order chi connectivity index (χ1) is 13.7. The molecule has 0 atom stereocenters. The van der Waals surface area contributed by atoms with Crippen molar-refractivity contribution in [3.05, 3.63) is 103 Å². The van der Waals surface area contributed by atoms with Gasteiger partial charge >= 0.3 is 0 Å². The Hall–Kier alpha value is -3.03. The highest BCUT2D eigenvalue weighted by Gasteiger charge is 2.20. The van der Waals surface area contributed by atoms with Crippen LogP contribution in [0.1, 0.15) is 20.2 Å². The van der Waals surface area contributed by atoms with E-state index in [0.29, 0.717) is 18.8 Å². The molecule has 4 aromatic rings. The maximum absolute atomic E-state index is 13.2. The first kappa shape index (κ1) is 18.3. The zero-order valence-corrected chi connectivity index (χ0v) is 16.5. The van der Waals surface area contributed by atoms with Crippen molar-refractivity contribution < 1.29 is 4.79 Å². The van der Waals surface area contributed by atoms with Crippen LogP contribution in [0.4, 0.5) is 0 Å². The Kier molecular flexibility index (Phi) is 5.45. The van der Waals surface area contributed by atoms with Crippen molar-refractivity contribution in [1.29, 1.82) is 0 Å². The molecule has 7 heteroatoms. The fourth-order valence-corrected chi connectivity index (χ4v) is 4.26. The van der Waals surface area contributed by atoms with Crippen LogP contribution in [0.5, 0.6) is 0 Å². The number of hydrogen-bond acceptors (Lipinski definition) is 5. The minimum absolute atomic E-state index is 0.202. The summed E-state index contributed by atoms with van der Waals surface area (Å²) in [6.07, 6.45) is 0. The maximum atomic E-state index is 13.2. The Balaban J connectivity index is 1.67. The minimum Gasteiger partial charge on any atom is -0.327 e. The van der Waals surface area contributed by atoms with Crippen molar-refractivity contribution in [2.45, 2.75) is 13.1 Å². The average Bonchev–Trinajstić information content (AvgIpc) is 3.42. The number of carbonyl (C=O) groups excluding carboxylic acids is 1. The van der Waals surface area contributed by atoms with E-state index >= 15 is 0 Å². The van der Waals surface area contributed by atoms with Gasteiger partial charge in [0.15, 0.2) is 0 Å². The van der Waals surface area contributed by atoms with Gasteiger partial charge in [-0.2, -0.15) is 9.78 Å². The Morgan fingerprint density at radius 2 is 1.50 bits per heavy atom. The molecule has 3 aromatic heterocycles. The fraction of sp³-hybridized carbons (Fsp3) is 0.0952. The smallest absolute Gasteiger partial charge is 0.274 e. The van der Waals surface area contributed by atoms with Crippen LogP contribution in [-0.4, -0.2) is 20.6 Å². The molecule has 0 saturated carbocycles. The predicted octanol–water partition coefficient (Wildman–Crippen LogP) is 4.20. The van der Waals surface area contributed by atoms with Gasteiger partial charge < -0.3 is 4.90 Å². The topological polar surface area (TPSA) is 55.2 Å². The SMILES string of the molecule is O=C(c1ccc(=O)n(-c2ccccc2)n1)N(Cc1cccs1)Cc1cccs1. The van der Waals surface area contributed by atoms with E-state index in [1.165, 1.54) is 16.8 Å². The van der Waals surface area contributed by atoms with E-state index in [1.54, 1.807) is 39.7 Å². The molecule has 0 saturated heterocycles. The van der Waals surface area contributed by atoms with E-state index in [4.69, 9.17) is 0 Å². The van der Waals surface area contributed by atoms with E-state index in [9.17, 15) is 9.59 Å². The largest absolute Gasteiger partial charge is 0.327 e. The van der Waals surface area contributed by atoms with Gasteiger partial charge in [0.1, 0.15) is 5.69 Å². The number of para-hydroxylation sites is 1. The number of hydrogen-bond donors (Lipinski definition) is 0. The van der Waals surface area contributed by atoms with Crippen LogP contribution in [0.25, 0.3) is 5.69 Å². The number of benzene rings is 1. The van der Waals surface area contributed by atoms with Crippen LogP contribution in [-0.2, 0) is 13.1 Å². The third kappa shape index (κ3) is 4.11. The van der Waals surface area contributed by atoms with Crippen molar-refractivity contribution >= 4 is 28.6 Å². The minimum atomic E-state index is -0.272. The second-order valence-corrected chi connectivity index (χ2v) is 8.19. The van der Waals surface area contributed by atoms with Crippen LogP contribution in [0, 0.1) is 0 Å². The molecule has 0 aliphatic rings. The molecule has 0 bridgehead atoms. The fourth-order valence-electron chi connectivity index (χ4n) is 2.82. The van der Waals surface area contributed by atoms with E-state index < -0.39 is 0 Å². The lowest BCUT2D eigenvalue weighted by molar-refractivity contribution is 0.0725. The number of nitrogens with zero attached hydrogens (tertiary/aromatic N) is 3. The Labute approximate surface area is 170 Å². The normalized spacial score (nSPS) is 10.7. The first-order valence-corrected chi connectivity index (χ1v) is 10.5. The van der Waals surface area contributed by atoms with Gasteiger partial charge in [0.05, 0.1) is 18.8 Å². The van der Waals surface area contributed by atoms with E-state index in [2.05, 4.69) is 5.10 Å². The van der Waals surface area contributed by atoms with Gasteiger partial charge in [-0.25, -0.2) is 0 Å². The summed E-state index contributed by atoms with van der Waals surface area (Å²) in [7, 11) is 0. The summed E-state index contributed by atoms with van der Waals surface area (Å²) in [4.78, 5) is 29.5. The van der Waals surface area contributed by atoms with Crippen molar-refractivity contribution in [2.75, 3.05) is 0 Å². The second kappa shape index (κ2) is 8.33. The number of carbonyl (C=O) groups is 1. The van der Waals surface area contributed by atoms with Gasteiger partial charge in [-0.05, 0) is 41.1 Å². The lowest BCUT2D eigenvalue weighted by Gasteiger charge is -2.21. The quantitative estimate of drug-likeness (QED) is 0.481.